The van der Waals surface area contributed by atoms with Crippen LogP contribution in [0.5, 0.6) is 0 Å². The summed E-state index contributed by atoms with van der Waals surface area (Å²) in [4.78, 5) is 11.5. The Hall–Kier alpha value is -0.830. The molecule has 0 saturated carbocycles. The van der Waals surface area contributed by atoms with Crippen LogP contribution in [-0.2, 0) is 4.79 Å². The molecule has 0 unspecified atom stereocenters. The van der Waals surface area contributed by atoms with Gasteiger partial charge in [0, 0.05) is 10.9 Å². The molecule has 0 aliphatic rings. The maximum Gasteiger partial charge on any atom is 0.224 e. The van der Waals surface area contributed by atoms with Gasteiger partial charge in [-0.05, 0) is 47.0 Å². The van der Waals surface area contributed by atoms with Gasteiger partial charge in [0.05, 0.1) is 5.69 Å². The molecule has 0 atom stereocenters. The number of rotatable bonds is 4. The quantitative estimate of drug-likeness (QED) is 0.883. The van der Waals surface area contributed by atoms with Crippen LogP contribution in [0.4, 0.5) is 5.69 Å². The summed E-state index contributed by atoms with van der Waals surface area (Å²) in [6.45, 7) is 4.10. The highest BCUT2D eigenvalue weighted by Gasteiger charge is 2.04. The molecule has 3 heteroatoms. The Morgan fingerprint density at radius 2 is 2.20 bits per heavy atom. The molecular formula is C12H16BrNO. The van der Waals surface area contributed by atoms with E-state index >= 15 is 0 Å². The minimum absolute atomic E-state index is 0.0846. The lowest BCUT2D eigenvalue weighted by molar-refractivity contribution is -0.116. The number of aryl methyl sites for hydroxylation is 1. The molecule has 0 spiro atoms. The average molecular weight is 270 g/mol. The summed E-state index contributed by atoms with van der Waals surface area (Å²) in [5.41, 5.74) is 2.02. The van der Waals surface area contributed by atoms with Crippen LogP contribution in [0.3, 0.4) is 0 Å². The maximum atomic E-state index is 11.5. The second kappa shape index (κ2) is 5.91. The van der Waals surface area contributed by atoms with Gasteiger partial charge >= 0.3 is 0 Å². The van der Waals surface area contributed by atoms with E-state index in [9.17, 15) is 4.79 Å². The number of hydrogen-bond donors (Lipinski definition) is 1. The fourth-order valence-corrected chi connectivity index (χ4v) is 1.86. The van der Waals surface area contributed by atoms with Crippen LogP contribution in [0.15, 0.2) is 22.7 Å². The van der Waals surface area contributed by atoms with E-state index < -0.39 is 0 Å². The summed E-state index contributed by atoms with van der Waals surface area (Å²) in [6, 6.07) is 5.90. The number of carbonyl (C=O) groups is 1. The molecule has 1 rings (SSSR count). The van der Waals surface area contributed by atoms with E-state index in [0.717, 1.165) is 23.0 Å². The summed E-state index contributed by atoms with van der Waals surface area (Å²) < 4.78 is 0.937. The van der Waals surface area contributed by atoms with Crippen molar-refractivity contribution < 1.29 is 4.79 Å². The fraction of sp³-hybridized carbons (Fsp3) is 0.417. The first-order chi connectivity index (χ1) is 7.13. The molecule has 0 radical (unpaired) electrons. The van der Waals surface area contributed by atoms with Gasteiger partial charge in [0.15, 0.2) is 0 Å². The van der Waals surface area contributed by atoms with Gasteiger partial charge in [-0.3, -0.25) is 4.79 Å². The molecule has 82 valence electrons. The van der Waals surface area contributed by atoms with E-state index in [1.165, 1.54) is 5.56 Å². The van der Waals surface area contributed by atoms with E-state index in [1.54, 1.807) is 0 Å². The van der Waals surface area contributed by atoms with Crippen molar-refractivity contribution >= 4 is 27.5 Å². The van der Waals surface area contributed by atoms with Gasteiger partial charge in [-0.1, -0.05) is 19.4 Å². The predicted octanol–water partition coefficient (Wildman–Crippen LogP) is 3.89. The summed E-state index contributed by atoms with van der Waals surface area (Å²) in [6.07, 6.45) is 2.58. The van der Waals surface area contributed by atoms with E-state index in [4.69, 9.17) is 0 Å². The van der Waals surface area contributed by atoms with Crippen LogP contribution in [0, 0.1) is 6.92 Å². The van der Waals surface area contributed by atoms with Gasteiger partial charge in [0.1, 0.15) is 0 Å². The van der Waals surface area contributed by atoms with Crippen molar-refractivity contribution in [2.24, 2.45) is 0 Å². The molecule has 0 bridgehead atoms. The van der Waals surface area contributed by atoms with Crippen molar-refractivity contribution in [3.63, 3.8) is 0 Å². The Morgan fingerprint density at radius 1 is 1.47 bits per heavy atom. The second-order valence-corrected chi connectivity index (χ2v) is 4.49. The Morgan fingerprint density at radius 3 is 2.80 bits per heavy atom. The molecule has 1 aromatic rings. The molecule has 0 fully saturated rings. The first-order valence-electron chi connectivity index (χ1n) is 5.19. The van der Waals surface area contributed by atoms with Crippen LogP contribution in [0.1, 0.15) is 31.7 Å². The highest BCUT2D eigenvalue weighted by Crippen LogP contribution is 2.23. The molecular weight excluding hydrogens is 254 g/mol. The minimum Gasteiger partial charge on any atom is -0.325 e. The lowest BCUT2D eigenvalue weighted by atomic mass is 10.2. The molecule has 1 amide bonds. The molecule has 0 saturated heterocycles. The van der Waals surface area contributed by atoms with E-state index in [-0.39, 0.29) is 5.91 Å². The van der Waals surface area contributed by atoms with Crippen molar-refractivity contribution in [2.45, 2.75) is 33.1 Å². The highest BCUT2D eigenvalue weighted by molar-refractivity contribution is 9.10. The van der Waals surface area contributed by atoms with Gasteiger partial charge in [-0.2, -0.15) is 0 Å². The van der Waals surface area contributed by atoms with Crippen molar-refractivity contribution in [1.29, 1.82) is 0 Å². The van der Waals surface area contributed by atoms with E-state index in [2.05, 4.69) is 28.2 Å². The third-order valence-electron chi connectivity index (χ3n) is 2.16. The number of unbranched alkanes of at least 4 members (excludes halogenated alkanes) is 1. The molecule has 1 N–H and O–H groups in total. The van der Waals surface area contributed by atoms with Crippen molar-refractivity contribution in [2.75, 3.05) is 5.32 Å². The number of carbonyl (C=O) groups excluding carboxylic acids is 1. The minimum atomic E-state index is 0.0846. The maximum absolute atomic E-state index is 11.5. The number of amides is 1. The predicted molar refractivity (Wildman–Crippen MR) is 67.0 cm³/mol. The third kappa shape index (κ3) is 4.04. The van der Waals surface area contributed by atoms with E-state index in [1.807, 2.05) is 25.1 Å². The molecule has 0 aliphatic heterocycles. The van der Waals surface area contributed by atoms with Crippen molar-refractivity contribution in [3.05, 3.63) is 28.2 Å². The summed E-state index contributed by atoms with van der Waals surface area (Å²) in [5.74, 6) is 0.0846. The van der Waals surface area contributed by atoms with Crippen LogP contribution < -0.4 is 5.32 Å². The molecule has 1 aromatic carbocycles. The molecule has 0 aromatic heterocycles. The Bertz CT molecular complexity index is 349. The van der Waals surface area contributed by atoms with Gasteiger partial charge in [0.25, 0.3) is 0 Å². The standard InChI is InChI=1S/C12H16BrNO/c1-3-4-5-12(15)14-11-7-6-9(2)8-10(11)13/h6-8H,3-5H2,1-2H3,(H,14,15). The summed E-state index contributed by atoms with van der Waals surface area (Å²) >= 11 is 3.43. The van der Waals surface area contributed by atoms with Crippen molar-refractivity contribution in [1.82, 2.24) is 0 Å². The van der Waals surface area contributed by atoms with Gasteiger partial charge < -0.3 is 5.32 Å². The average Bonchev–Trinajstić information content (AvgIpc) is 2.19. The second-order valence-electron chi connectivity index (χ2n) is 3.64. The number of hydrogen-bond acceptors (Lipinski definition) is 1. The van der Waals surface area contributed by atoms with Crippen LogP contribution in [0.2, 0.25) is 0 Å². The monoisotopic (exact) mass is 269 g/mol. The Labute approximate surface area is 99.2 Å². The number of halogens is 1. The summed E-state index contributed by atoms with van der Waals surface area (Å²) in [5, 5.41) is 2.89. The molecule has 0 heterocycles. The highest BCUT2D eigenvalue weighted by atomic mass is 79.9. The molecule has 15 heavy (non-hydrogen) atoms. The largest absolute Gasteiger partial charge is 0.325 e. The fourth-order valence-electron chi connectivity index (χ4n) is 1.27. The normalized spacial score (nSPS) is 10.1. The lowest BCUT2D eigenvalue weighted by Crippen LogP contribution is -2.11. The lowest BCUT2D eigenvalue weighted by Gasteiger charge is -2.07. The van der Waals surface area contributed by atoms with Crippen LogP contribution in [-0.4, -0.2) is 5.91 Å². The number of nitrogens with one attached hydrogen (secondary N) is 1. The summed E-state index contributed by atoms with van der Waals surface area (Å²) in [7, 11) is 0. The first kappa shape index (κ1) is 12.2. The zero-order chi connectivity index (χ0) is 11.3. The topological polar surface area (TPSA) is 29.1 Å². The van der Waals surface area contributed by atoms with E-state index in [0.29, 0.717) is 6.42 Å². The molecule has 0 aliphatic carbocycles. The first-order valence-corrected chi connectivity index (χ1v) is 5.98. The van der Waals surface area contributed by atoms with Crippen molar-refractivity contribution in [3.8, 4) is 0 Å². The van der Waals surface area contributed by atoms with Crippen LogP contribution in [0.25, 0.3) is 0 Å². The SMILES string of the molecule is CCCCC(=O)Nc1ccc(C)cc1Br. The Kier molecular flexibility index (Phi) is 4.82. The third-order valence-corrected chi connectivity index (χ3v) is 2.81. The molecule has 2 nitrogen and oxygen atoms in total. The zero-order valence-corrected chi connectivity index (χ0v) is 10.7. The Balaban J connectivity index is 2.60. The number of benzene rings is 1. The van der Waals surface area contributed by atoms with Gasteiger partial charge in [-0.25, -0.2) is 0 Å². The van der Waals surface area contributed by atoms with Crippen LogP contribution >= 0.6 is 15.9 Å². The number of anilines is 1. The zero-order valence-electron chi connectivity index (χ0n) is 9.14. The van der Waals surface area contributed by atoms with Gasteiger partial charge in [0.2, 0.25) is 5.91 Å². The smallest absolute Gasteiger partial charge is 0.224 e. The van der Waals surface area contributed by atoms with Gasteiger partial charge in [-0.15, -0.1) is 0 Å².